The van der Waals surface area contributed by atoms with Crippen LogP contribution in [0.4, 0.5) is 5.69 Å². The number of aromatic nitrogens is 2. The van der Waals surface area contributed by atoms with Crippen LogP contribution < -0.4 is 10.7 Å². The molecule has 0 atom stereocenters. The lowest BCUT2D eigenvalue weighted by Crippen LogP contribution is -2.45. The Hall–Kier alpha value is -2.03. The molecule has 178 valence electrons. The second-order valence-corrected chi connectivity index (χ2v) is 8.38. The van der Waals surface area contributed by atoms with Crippen LogP contribution >= 0.6 is 48.0 Å². The van der Waals surface area contributed by atoms with Crippen LogP contribution in [0.5, 0.6) is 0 Å². The second kappa shape index (κ2) is 11.9. The van der Waals surface area contributed by atoms with E-state index in [-0.39, 0.29) is 52.8 Å². The van der Waals surface area contributed by atoms with Gasteiger partial charge in [0.2, 0.25) is 5.91 Å². The molecule has 7 nitrogen and oxygen atoms in total. The zero-order valence-electron chi connectivity index (χ0n) is 17.9. The smallest absolute Gasteiger partial charge is 0.258 e. The number of hydrogen-bond acceptors (Lipinski definition) is 4. The van der Waals surface area contributed by atoms with E-state index in [0.717, 1.165) is 37.3 Å². The Morgan fingerprint density at radius 2 is 1.70 bits per heavy atom. The van der Waals surface area contributed by atoms with Crippen molar-refractivity contribution in [2.45, 2.75) is 32.6 Å². The summed E-state index contributed by atoms with van der Waals surface area (Å²) in [6.45, 7) is 3.60. The minimum absolute atomic E-state index is 0. The van der Waals surface area contributed by atoms with Gasteiger partial charge in [0.1, 0.15) is 0 Å². The Balaban J connectivity index is 0.00000193. The summed E-state index contributed by atoms with van der Waals surface area (Å²) in [7, 11) is 0. The number of carbonyl (C=O) groups excluding carboxylic acids is 2. The third-order valence-corrected chi connectivity index (χ3v) is 5.98. The zero-order chi connectivity index (χ0) is 22.0. The summed E-state index contributed by atoms with van der Waals surface area (Å²) >= 11 is 12.3. The summed E-state index contributed by atoms with van der Waals surface area (Å²) in [5.74, 6) is -0.502. The van der Waals surface area contributed by atoms with Gasteiger partial charge in [-0.3, -0.25) is 15.0 Å². The summed E-state index contributed by atoms with van der Waals surface area (Å²) in [5.41, 5.74) is 5.75. The van der Waals surface area contributed by atoms with Gasteiger partial charge in [-0.2, -0.15) is 0 Å². The van der Waals surface area contributed by atoms with Crippen molar-refractivity contribution in [2.24, 2.45) is 0 Å². The highest BCUT2D eigenvalue weighted by atomic mass is 35.5. The molecule has 11 heteroatoms. The third kappa shape index (κ3) is 6.11. The van der Waals surface area contributed by atoms with Gasteiger partial charge in [0.15, 0.2) is 5.65 Å². The number of aryl methyl sites for hydroxylation is 1. The molecule has 0 bridgehead atoms. The zero-order valence-corrected chi connectivity index (χ0v) is 21.1. The fraction of sp³-hybridized carbons (Fsp3) is 0.318. The highest BCUT2D eigenvalue weighted by molar-refractivity contribution is 6.40. The average molecular weight is 533 g/mol. The Morgan fingerprint density at radius 1 is 1.03 bits per heavy atom. The molecule has 1 aromatic carbocycles. The van der Waals surface area contributed by atoms with Crippen molar-refractivity contribution in [3.63, 3.8) is 0 Å². The molecule has 3 heterocycles. The number of carbonyl (C=O) groups is 2. The highest BCUT2D eigenvalue weighted by Crippen LogP contribution is 2.27. The molecule has 0 radical (unpaired) electrons. The van der Waals surface area contributed by atoms with Gasteiger partial charge in [-0.25, -0.2) is 9.99 Å². The maximum atomic E-state index is 12.8. The van der Waals surface area contributed by atoms with Gasteiger partial charge in [-0.1, -0.05) is 35.7 Å². The number of hydrazine groups is 1. The Bertz CT molecular complexity index is 1130. The van der Waals surface area contributed by atoms with Crippen LogP contribution in [0.25, 0.3) is 5.65 Å². The summed E-state index contributed by atoms with van der Waals surface area (Å²) in [6, 6.07) is 8.45. The van der Waals surface area contributed by atoms with E-state index in [0.29, 0.717) is 11.3 Å². The molecule has 1 aliphatic heterocycles. The first-order chi connectivity index (χ1) is 14.9. The number of benzene rings is 1. The lowest BCUT2D eigenvalue weighted by atomic mass is 10.2. The van der Waals surface area contributed by atoms with Crippen molar-refractivity contribution in [3.8, 4) is 0 Å². The SMILES string of the molecule is Cc1nc2c(NC(=O)c3c(Cl)cccc3Cl)cccn2c1CC(=O)NN1CCCCC1.Cl.Cl. The molecule has 33 heavy (non-hydrogen) atoms. The van der Waals surface area contributed by atoms with Crippen molar-refractivity contribution in [1.29, 1.82) is 0 Å². The van der Waals surface area contributed by atoms with E-state index >= 15 is 0 Å². The van der Waals surface area contributed by atoms with Gasteiger partial charge in [-0.05, 0) is 44.0 Å². The highest BCUT2D eigenvalue weighted by Gasteiger charge is 2.20. The van der Waals surface area contributed by atoms with Crippen molar-refractivity contribution >= 4 is 71.2 Å². The van der Waals surface area contributed by atoms with Crippen molar-refractivity contribution in [2.75, 3.05) is 18.4 Å². The molecule has 0 unspecified atom stereocenters. The number of amides is 2. The van der Waals surface area contributed by atoms with Gasteiger partial charge >= 0.3 is 0 Å². The first kappa shape index (κ1) is 27.2. The molecule has 2 aromatic heterocycles. The number of nitrogens with zero attached hydrogens (tertiary/aromatic N) is 3. The number of imidazole rings is 1. The molecule has 1 aliphatic rings. The molecule has 2 amide bonds. The van der Waals surface area contributed by atoms with E-state index in [1.54, 1.807) is 30.3 Å². The van der Waals surface area contributed by atoms with Crippen LogP contribution in [0.1, 0.15) is 41.0 Å². The average Bonchev–Trinajstić information content (AvgIpc) is 3.05. The molecule has 3 aromatic rings. The molecular formula is C22H25Cl4N5O2. The lowest BCUT2D eigenvalue weighted by Gasteiger charge is -2.26. The first-order valence-corrected chi connectivity index (χ1v) is 11.0. The van der Waals surface area contributed by atoms with E-state index in [9.17, 15) is 9.59 Å². The van der Waals surface area contributed by atoms with Gasteiger partial charge in [0.25, 0.3) is 5.91 Å². The number of anilines is 1. The van der Waals surface area contributed by atoms with Crippen LogP contribution in [0, 0.1) is 6.92 Å². The number of rotatable bonds is 5. The van der Waals surface area contributed by atoms with E-state index in [2.05, 4.69) is 15.7 Å². The maximum Gasteiger partial charge on any atom is 0.258 e. The lowest BCUT2D eigenvalue weighted by molar-refractivity contribution is -0.125. The van der Waals surface area contributed by atoms with Crippen LogP contribution in [0.2, 0.25) is 10.0 Å². The summed E-state index contributed by atoms with van der Waals surface area (Å²) in [6.07, 6.45) is 5.40. The Labute approximate surface area is 214 Å². The molecule has 4 rings (SSSR count). The molecule has 1 fully saturated rings. The number of nitrogens with one attached hydrogen (secondary N) is 2. The predicted octanol–water partition coefficient (Wildman–Crippen LogP) is 5.11. The molecule has 1 saturated heterocycles. The monoisotopic (exact) mass is 531 g/mol. The summed E-state index contributed by atoms with van der Waals surface area (Å²) in [4.78, 5) is 30.0. The normalized spacial score (nSPS) is 13.7. The minimum Gasteiger partial charge on any atom is -0.319 e. The Morgan fingerprint density at radius 3 is 2.36 bits per heavy atom. The van der Waals surface area contributed by atoms with Crippen LogP contribution in [-0.2, 0) is 11.2 Å². The molecule has 0 spiro atoms. The maximum absolute atomic E-state index is 12.8. The topological polar surface area (TPSA) is 78.7 Å². The summed E-state index contributed by atoms with van der Waals surface area (Å²) in [5, 5.41) is 5.36. The molecular weight excluding hydrogens is 508 g/mol. The van der Waals surface area contributed by atoms with Gasteiger partial charge < -0.3 is 9.72 Å². The number of hydrogen-bond donors (Lipinski definition) is 2. The third-order valence-electron chi connectivity index (χ3n) is 5.35. The second-order valence-electron chi connectivity index (χ2n) is 7.57. The van der Waals surface area contributed by atoms with Gasteiger partial charge in [0.05, 0.1) is 39.1 Å². The minimum atomic E-state index is -0.422. The summed E-state index contributed by atoms with van der Waals surface area (Å²) < 4.78 is 1.83. The Kier molecular flexibility index (Phi) is 9.82. The predicted molar refractivity (Wildman–Crippen MR) is 136 cm³/mol. The van der Waals surface area contributed by atoms with Crippen molar-refractivity contribution in [1.82, 2.24) is 19.8 Å². The largest absolute Gasteiger partial charge is 0.319 e. The van der Waals surface area contributed by atoms with Gasteiger partial charge in [-0.15, -0.1) is 24.8 Å². The number of pyridine rings is 1. The van der Waals surface area contributed by atoms with Crippen LogP contribution in [0.3, 0.4) is 0 Å². The molecule has 0 aliphatic carbocycles. The van der Waals surface area contributed by atoms with Crippen LogP contribution in [0.15, 0.2) is 36.5 Å². The van der Waals surface area contributed by atoms with E-state index in [1.807, 2.05) is 22.5 Å². The van der Waals surface area contributed by atoms with E-state index in [1.165, 1.54) is 6.42 Å². The first-order valence-electron chi connectivity index (χ1n) is 10.2. The van der Waals surface area contributed by atoms with Gasteiger partial charge in [0, 0.05) is 19.3 Å². The number of piperidine rings is 1. The molecule has 0 saturated carbocycles. The number of fused-ring (bicyclic) bond motifs is 1. The number of halogens is 4. The van der Waals surface area contributed by atoms with Crippen molar-refractivity contribution in [3.05, 3.63) is 63.5 Å². The fourth-order valence-corrected chi connectivity index (χ4v) is 4.38. The van der Waals surface area contributed by atoms with E-state index in [4.69, 9.17) is 23.2 Å². The van der Waals surface area contributed by atoms with Crippen molar-refractivity contribution < 1.29 is 9.59 Å². The molecule has 2 N–H and O–H groups in total. The quantitative estimate of drug-likeness (QED) is 0.479. The van der Waals surface area contributed by atoms with Crippen LogP contribution in [-0.4, -0.2) is 39.3 Å². The van der Waals surface area contributed by atoms with E-state index < -0.39 is 5.91 Å². The standard InChI is InChI=1S/C22H23Cl2N5O2.2ClH/c1-14-18(13-19(30)27-28-10-3-2-4-11-28)29-12-6-9-17(21(29)25-14)26-22(31)20-15(23)7-5-8-16(20)24;;/h5-9,12H,2-4,10-11,13H2,1H3,(H,26,31)(H,27,30);2*1H. The fourth-order valence-electron chi connectivity index (χ4n) is 3.81.